The quantitative estimate of drug-likeness (QED) is 0.707. The number of likely N-dealkylation sites (N-methyl/N-ethyl adjacent to an activating group) is 1. The third-order valence-corrected chi connectivity index (χ3v) is 3.20. The third-order valence-electron chi connectivity index (χ3n) is 3.20. The van der Waals surface area contributed by atoms with Crippen LogP contribution in [0.25, 0.3) is 0 Å². The summed E-state index contributed by atoms with van der Waals surface area (Å²) >= 11 is 0. The van der Waals surface area contributed by atoms with Crippen molar-refractivity contribution in [1.29, 1.82) is 0 Å². The number of rotatable bonds is 9. The highest BCUT2D eigenvalue weighted by Gasteiger charge is 2.17. The SMILES string of the molecule is CCCNCc1cc(F)cnc1N(CC)C(C)COC. The van der Waals surface area contributed by atoms with Gasteiger partial charge < -0.3 is 15.0 Å². The lowest BCUT2D eigenvalue weighted by atomic mass is 10.2. The molecule has 0 aliphatic rings. The zero-order valence-electron chi connectivity index (χ0n) is 12.9. The molecular formula is C15H26FN3O. The van der Waals surface area contributed by atoms with Gasteiger partial charge in [-0.15, -0.1) is 0 Å². The smallest absolute Gasteiger partial charge is 0.141 e. The first-order chi connectivity index (χ1) is 9.63. The van der Waals surface area contributed by atoms with E-state index in [1.807, 2.05) is 0 Å². The second-order valence-corrected chi connectivity index (χ2v) is 4.90. The van der Waals surface area contributed by atoms with E-state index in [1.54, 1.807) is 13.2 Å². The first-order valence-corrected chi connectivity index (χ1v) is 7.24. The van der Waals surface area contributed by atoms with Gasteiger partial charge in [0.1, 0.15) is 11.6 Å². The Labute approximate surface area is 121 Å². The predicted octanol–water partition coefficient (Wildman–Crippen LogP) is 2.58. The molecule has 0 amide bonds. The summed E-state index contributed by atoms with van der Waals surface area (Å²) in [5.74, 6) is 0.541. The number of halogens is 1. The molecule has 1 heterocycles. The van der Waals surface area contributed by atoms with Crippen LogP contribution < -0.4 is 10.2 Å². The average molecular weight is 283 g/mol. The molecule has 20 heavy (non-hydrogen) atoms. The van der Waals surface area contributed by atoms with Crippen molar-refractivity contribution in [2.24, 2.45) is 0 Å². The molecule has 1 N–H and O–H groups in total. The Hall–Kier alpha value is -1.20. The molecule has 1 atom stereocenters. The number of nitrogens with zero attached hydrogens (tertiary/aromatic N) is 2. The van der Waals surface area contributed by atoms with Crippen LogP contribution >= 0.6 is 0 Å². The van der Waals surface area contributed by atoms with Gasteiger partial charge in [-0.2, -0.15) is 0 Å². The highest BCUT2D eigenvalue weighted by Crippen LogP contribution is 2.20. The van der Waals surface area contributed by atoms with E-state index in [0.29, 0.717) is 13.2 Å². The Kier molecular flexibility index (Phi) is 7.47. The van der Waals surface area contributed by atoms with Crippen LogP contribution in [-0.2, 0) is 11.3 Å². The van der Waals surface area contributed by atoms with Gasteiger partial charge in [0.15, 0.2) is 0 Å². The van der Waals surface area contributed by atoms with Crippen molar-refractivity contribution >= 4 is 5.82 Å². The van der Waals surface area contributed by atoms with Crippen LogP contribution in [0, 0.1) is 5.82 Å². The second kappa shape index (κ2) is 8.87. The van der Waals surface area contributed by atoms with Crippen LogP contribution in [0.2, 0.25) is 0 Å². The molecule has 5 heteroatoms. The highest BCUT2D eigenvalue weighted by atomic mass is 19.1. The highest BCUT2D eigenvalue weighted by molar-refractivity contribution is 5.47. The fraction of sp³-hybridized carbons (Fsp3) is 0.667. The largest absolute Gasteiger partial charge is 0.383 e. The van der Waals surface area contributed by atoms with Gasteiger partial charge in [-0.05, 0) is 32.9 Å². The summed E-state index contributed by atoms with van der Waals surface area (Å²) in [5.41, 5.74) is 0.892. The van der Waals surface area contributed by atoms with Crippen molar-refractivity contribution in [2.75, 3.05) is 31.7 Å². The molecule has 0 aliphatic carbocycles. The Morgan fingerprint density at radius 2 is 2.20 bits per heavy atom. The van der Waals surface area contributed by atoms with Gasteiger partial charge >= 0.3 is 0 Å². The van der Waals surface area contributed by atoms with Gasteiger partial charge in [-0.3, -0.25) is 0 Å². The normalized spacial score (nSPS) is 12.4. The second-order valence-electron chi connectivity index (χ2n) is 4.90. The Morgan fingerprint density at radius 3 is 2.80 bits per heavy atom. The lowest BCUT2D eigenvalue weighted by molar-refractivity contribution is 0.181. The fourth-order valence-corrected chi connectivity index (χ4v) is 2.26. The number of pyridine rings is 1. The van der Waals surface area contributed by atoms with Crippen molar-refractivity contribution in [1.82, 2.24) is 10.3 Å². The Bertz CT molecular complexity index is 401. The minimum atomic E-state index is -0.294. The van der Waals surface area contributed by atoms with E-state index in [0.717, 1.165) is 30.9 Å². The number of aromatic nitrogens is 1. The van der Waals surface area contributed by atoms with Crippen LogP contribution in [0.5, 0.6) is 0 Å². The van der Waals surface area contributed by atoms with E-state index in [2.05, 4.69) is 36.0 Å². The van der Waals surface area contributed by atoms with Crippen molar-refractivity contribution in [3.05, 3.63) is 23.6 Å². The molecule has 0 aliphatic heterocycles. The number of ether oxygens (including phenoxy) is 1. The maximum atomic E-state index is 13.4. The topological polar surface area (TPSA) is 37.4 Å². The van der Waals surface area contributed by atoms with E-state index < -0.39 is 0 Å². The average Bonchev–Trinajstić information content (AvgIpc) is 2.42. The number of methoxy groups -OCH3 is 1. The van der Waals surface area contributed by atoms with E-state index in [-0.39, 0.29) is 11.9 Å². The van der Waals surface area contributed by atoms with Gasteiger partial charge in [0, 0.05) is 25.8 Å². The molecule has 0 bridgehead atoms. The van der Waals surface area contributed by atoms with E-state index >= 15 is 0 Å². The summed E-state index contributed by atoms with van der Waals surface area (Å²) in [6.45, 7) is 9.23. The van der Waals surface area contributed by atoms with E-state index in [1.165, 1.54) is 6.20 Å². The lowest BCUT2D eigenvalue weighted by Gasteiger charge is -2.30. The maximum absolute atomic E-state index is 13.4. The van der Waals surface area contributed by atoms with Crippen molar-refractivity contribution in [2.45, 2.75) is 39.8 Å². The van der Waals surface area contributed by atoms with Crippen molar-refractivity contribution < 1.29 is 9.13 Å². The zero-order valence-corrected chi connectivity index (χ0v) is 12.9. The van der Waals surface area contributed by atoms with Crippen LogP contribution in [-0.4, -0.2) is 37.8 Å². The van der Waals surface area contributed by atoms with Gasteiger partial charge in [-0.1, -0.05) is 6.92 Å². The summed E-state index contributed by atoms with van der Waals surface area (Å²) in [6.07, 6.45) is 2.33. The zero-order chi connectivity index (χ0) is 15.0. The number of hydrogen-bond acceptors (Lipinski definition) is 4. The predicted molar refractivity (Wildman–Crippen MR) is 80.6 cm³/mol. The summed E-state index contributed by atoms with van der Waals surface area (Å²) < 4.78 is 18.7. The molecule has 0 spiro atoms. The first-order valence-electron chi connectivity index (χ1n) is 7.24. The summed E-state index contributed by atoms with van der Waals surface area (Å²) in [4.78, 5) is 6.43. The summed E-state index contributed by atoms with van der Waals surface area (Å²) in [6, 6.07) is 1.76. The van der Waals surface area contributed by atoms with Crippen LogP contribution in [0.4, 0.5) is 10.2 Å². The Balaban J connectivity index is 2.94. The molecule has 0 radical (unpaired) electrons. The number of hydrogen-bond donors (Lipinski definition) is 1. The van der Waals surface area contributed by atoms with Crippen molar-refractivity contribution in [3.8, 4) is 0 Å². The number of nitrogens with one attached hydrogen (secondary N) is 1. The van der Waals surface area contributed by atoms with Gasteiger partial charge in [0.05, 0.1) is 18.8 Å². The minimum absolute atomic E-state index is 0.202. The molecule has 4 nitrogen and oxygen atoms in total. The van der Waals surface area contributed by atoms with E-state index in [4.69, 9.17) is 4.74 Å². The molecule has 1 aromatic heterocycles. The lowest BCUT2D eigenvalue weighted by Crippen LogP contribution is -2.37. The molecular weight excluding hydrogens is 257 g/mol. The fourth-order valence-electron chi connectivity index (χ4n) is 2.26. The molecule has 0 saturated heterocycles. The molecule has 1 aromatic rings. The van der Waals surface area contributed by atoms with Crippen LogP contribution in [0.3, 0.4) is 0 Å². The molecule has 0 aromatic carbocycles. The standard InChI is InChI=1S/C15H26FN3O/c1-5-7-17-9-13-8-14(16)10-18-15(13)19(6-2)12(3)11-20-4/h8,10,12,17H,5-7,9,11H2,1-4H3. The van der Waals surface area contributed by atoms with Crippen LogP contribution in [0.1, 0.15) is 32.8 Å². The number of anilines is 1. The van der Waals surface area contributed by atoms with Crippen molar-refractivity contribution in [3.63, 3.8) is 0 Å². The molecule has 0 fully saturated rings. The molecule has 114 valence electrons. The van der Waals surface area contributed by atoms with Gasteiger partial charge in [0.25, 0.3) is 0 Å². The molecule has 1 rings (SSSR count). The van der Waals surface area contributed by atoms with Crippen LogP contribution in [0.15, 0.2) is 12.3 Å². The molecule has 0 saturated carbocycles. The maximum Gasteiger partial charge on any atom is 0.141 e. The first kappa shape index (κ1) is 16.9. The van der Waals surface area contributed by atoms with Gasteiger partial charge in [0.2, 0.25) is 0 Å². The summed E-state index contributed by atoms with van der Waals surface area (Å²) in [7, 11) is 1.69. The summed E-state index contributed by atoms with van der Waals surface area (Å²) in [5, 5.41) is 3.30. The minimum Gasteiger partial charge on any atom is -0.383 e. The monoisotopic (exact) mass is 283 g/mol. The third kappa shape index (κ3) is 4.72. The molecule has 1 unspecified atom stereocenters. The Morgan fingerprint density at radius 1 is 1.45 bits per heavy atom. The van der Waals surface area contributed by atoms with E-state index in [9.17, 15) is 4.39 Å². The van der Waals surface area contributed by atoms with Gasteiger partial charge in [-0.25, -0.2) is 9.37 Å².